The number of benzene rings is 1. The van der Waals surface area contributed by atoms with Crippen molar-refractivity contribution in [2.24, 2.45) is 0 Å². The lowest BCUT2D eigenvalue weighted by Crippen LogP contribution is -2.49. The summed E-state index contributed by atoms with van der Waals surface area (Å²) >= 11 is 1.70. The van der Waals surface area contributed by atoms with Gasteiger partial charge in [0, 0.05) is 38.7 Å². The van der Waals surface area contributed by atoms with E-state index < -0.39 is 0 Å². The number of nitrogens with one attached hydrogen (secondary N) is 1. The molecule has 2 aromatic heterocycles. The Morgan fingerprint density at radius 3 is 2.79 bits per heavy atom. The molecule has 7 heteroatoms. The van der Waals surface area contributed by atoms with Gasteiger partial charge in [-0.3, -0.25) is 9.89 Å². The average molecular weight is 397 g/mol. The summed E-state index contributed by atoms with van der Waals surface area (Å²) in [5.41, 5.74) is 2.17. The summed E-state index contributed by atoms with van der Waals surface area (Å²) in [6.45, 7) is 3.08. The van der Waals surface area contributed by atoms with Gasteiger partial charge in [0.15, 0.2) is 5.82 Å². The smallest absolute Gasteiger partial charge is 0.223 e. The Kier molecular flexibility index (Phi) is 5.62. The van der Waals surface area contributed by atoms with Crippen molar-refractivity contribution in [3.8, 4) is 16.3 Å². The summed E-state index contributed by atoms with van der Waals surface area (Å²) in [6, 6.07) is 14.1. The Hall–Kier alpha value is -2.80. The molecule has 1 aliphatic heterocycles. The third-order valence-electron chi connectivity index (χ3n) is 5.07. The van der Waals surface area contributed by atoms with E-state index in [2.05, 4.69) is 32.6 Å². The van der Waals surface area contributed by atoms with Gasteiger partial charge < -0.3 is 14.5 Å². The molecule has 1 amide bonds. The van der Waals surface area contributed by atoms with Crippen LogP contribution in [-0.4, -0.2) is 54.3 Å². The number of ether oxygens (including phenoxy) is 1. The van der Waals surface area contributed by atoms with E-state index in [4.69, 9.17) is 4.74 Å². The number of H-pyrrole nitrogens is 1. The first kappa shape index (κ1) is 18.6. The molecule has 0 spiro atoms. The number of hydrogen-bond acceptors (Lipinski definition) is 5. The first-order valence-electron chi connectivity index (χ1n) is 9.48. The molecule has 1 aromatic carbocycles. The van der Waals surface area contributed by atoms with Gasteiger partial charge in [-0.2, -0.15) is 5.10 Å². The Labute approximate surface area is 168 Å². The van der Waals surface area contributed by atoms with Crippen molar-refractivity contribution >= 4 is 23.1 Å². The quantitative estimate of drug-likeness (QED) is 0.693. The number of thiophene rings is 1. The van der Waals surface area contributed by atoms with Crippen LogP contribution in [0, 0.1) is 0 Å². The van der Waals surface area contributed by atoms with Crippen LogP contribution >= 0.6 is 11.3 Å². The van der Waals surface area contributed by atoms with Crippen LogP contribution in [0.3, 0.4) is 0 Å². The lowest BCUT2D eigenvalue weighted by Gasteiger charge is -2.34. The van der Waals surface area contributed by atoms with Crippen molar-refractivity contribution in [2.45, 2.75) is 12.8 Å². The molecule has 3 heterocycles. The molecule has 28 heavy (non-hydrogen) atoms. The second kappa shape index (κ2) is 8.48. The summed E-state index contributed by atoms with van der Waals surface area (Å²) in [7, 11) is 1.66. The third-order valence-corrected chi connectivity index (χ3v) is 5.97. The van der Waals surface area contributed by atoms with Gasteiger partial charge in [0.2, 0.25) is 5.91 Å². The molecule has 0 bridgehead atoms. The van der Waals surface area contributed by atoms with Gasteiger partial charge >= 0.3 is 0 Å². The lowest BCUT2D eigenvalue weighted by atomic mass is 10.1. The van der Waals surface area contributed by atoms with Gasteiger partial charge in [0.1, 0.15) is 5.75 Å². The topological polar surface area (TPSA) is 61.5 Å². The van der Waals surface area contributed by atoms with E-state index in [0.717, 1.165) is 55.4 Å². The minimum atomic E-state index is 0.212. The van der Waals surface area contributed by atoms with Crippen LogP contribution < -0.4 is 9.64 Å². The highest BCUT2D eigenvalue weighted by molar-refractivity contribution is 7.13. The van der Waals surface area contributed by atoms with Crippen LogP contribution in [0.1, 0.15) is 12.0 Å². The molecule has 0 atom stereocenters. The fraction of sp³-hybridized carbons (Fsp3) is 0.333. The molecule has 1 N–H and O–H groups in total. The number of aryl methyl sites for hydroxylation is 1. The van der Waals surface area contributed by atoms with E-state index >= 15 is 0 Å². The van der Waals surface area contributed by atoms with Crippen LogP contribution in [0.15, 0.2) is 47.8 Å². The molecule has 6 nitrogen and oxygen atoms in total. The average Bonchev–Trinajstić information content (AvgIpc) is 3.44. The molecule has 1 saturated heterocycles. The van der Waals surface area contributed by atoms with Crippen LogP contribution in [0.2, 0.25) is 0 Å². The summed E-state index contributed by atoms with van der Waals surface area (Å²) in [5, 5.41) is 9.63. The highest BCUT2D eigenvalue weighted by Crippen LogP contribution is 2.26. The molecular formula is C21H24N4O2S. The second-order valence-corrected chi connectivity index (χ2v) is 7.78. The molecule has 1 aliphatic rings. The molecule has 0 radical (unpaired) electrons. The number of anilines is 1. The zero-order chi connectivity index (χ0) is 19.3. The number of aromatic nitrogens is 2. The number of carbonyl (C=O) groups is 1. The maximum Gasteiger partial charge on any atom is 0.223 e. The van der Waals surface area contributed by atoms with E-state index in [1.807, 2.05) is 35.2 Å². The molecule has 1 fully saturated rings. The Morgan fingerprint density at radius 1 is 1.18 bits per heavy atom. The molecule has 0 saturated carbocycles. The number of carbonyl (C=O) groups excluding carboxylic acids is 1. The third kappa shape index (κ3) is 4.20. The molecule has 3 aromatic rings. The number of aromatic amines is 1. The van der Waals surface area contributed by atoms with E-state index in [9.17, 15) is 4.79 Å². The van der Waals surface area contributed by atoms with E-state index in [-0.39, 0.29) is 5.91 Å². The maximum atomic E-state index is 12.6. The van der Waals surface area contributed by atoms with E-state index in [1.54, 1.807) is 18.4 Å². The first-order valence-corrected chi connectivity index (χ1v) is 10.4. The van der Waals surface area contributed by atoms with Gasteiger partial charge in [-0.05, 0) is 35.6 Å². The molecule has 146 valence electrons. The van der Waals surface area contributed by atoms with Gasteiger partial charge in [-0.1, -0.05) is 18.2 Å². The van der Waals surface area contributed by atoms with Gasteiger partial charge in [-0.25, -0.2) is 0 Å². The monoisotopic (exact) mass is 396 g/mol. The standard InChI is InChI=1S/C21H24N4O2S/c1-27-17-5-2-4-16(14-17)7-8-21(26)25-11-9-24(10-12-25)20-15-18(22-23-20)19-6-3-13-28-19/h2-6,13-15H,7-12H2,1H3,(H,22,23). The van der Waals surface area contributed by atoms with Crippen LogP contribution in [-0.2, 0) is 11.2 Å². The van der Waals surface area contributed by atoms with E-state index in [1.165, 1.54) is 4.88 Å². The number of methoxy groups -OCH3 is 1. The van der Waals surface area contributed by atoms with Crippen molar-refractivity contribution in [1.29, 1.82) is 0 Å². The van der Waals surface area contributed by atoms with Crippen molar-refractivity contribution in [3.05, 3.63) is 53.4 Å². The SMILES string of the molecule is COc1cccc(CCC(=O)N2CCN(c3cc(-c4cccs4)[nH]n3)CC2)c1. The van der Waals surface area contributed by atoms with Gasteiger partial charge in [-0.15, -0.1) is 11.3 Å². The van der Waals surface area contributed by atoms with Gasteiger partial charge in [0.25, 0.3) is 0 Å². The van der Waals surface area contributed by atoms with Crippen molar-refractivity contribution in [2.75, 3.05) is 38.2 Å². The molecule has 0 aliphatic carbocycles. The number of hydrogen-bond donors (Lipinski definition) is 1. The number of rotatable bonds is 6. The summed E-state index contributed by atoms with van der Waals surface area (Å²) in [5.74, 6) is 2.00. The maximum absolute atomic E-state index is 12.6. The number of amides is 1. The predicted octanol–water partition coefficient (Wildman–Crippen LogP) is 3.43. The first-order chi connectivity index (χ1) is 13.7. The minimum Gasteiger partial charge on any atom is -0.497 e. The Balaban J connectivity index is 1.28. The summed E-state index contributed by atoms with van der Waals surface area (Å²) < 4.78 is 5.25. The fourth-order valence-electron chi connectivity index (χ4n) is 3.45. The minimum absolute atomic E-state index is 0.212. The zero-order valence-electron chi connectivity index (χ0n) is 15.9. The lowest BCUT2D eigenvalue weighted by molar-refractivity contribution is -0.131. The zero-order valence-corrected chi connectivity index (χ0v) is 16.7. The Bertz CT molecular complexity index is 914. The highest BCUT2D eigenvalue weighted by atomic mass is 32.1. The van der Waals surface area contributed by atoms with Crippen LogP contribution in [0.5, 0.6) is 5.75 Å². The largest absolute Gasteiger partial charge is 0.497 e. The molecule has 4 rings (SSSR count). The van der Waals surface area contributed by atoms with Crippen LogP contribution in [0.25, 0.3) is 10.6 Å². The van der Waals surface area contributed by atoms with Gasteiger partial charge in [0.05, 0.1) is 17.7 Å². The number of piperazine rings is 1. The molecule has 0 unspecified atom stereocenters. The summed E-state index contributed by atoms with van der Waals surface area (Å²) in [6.07, 6.45) is 1.26. The highest BCUT2D eigenvalue weighted by Gasteiger charge is 2.22. The van der Waals surface area contributed by atoms with Crippen molar-refractivity contribution in [3.63, 3.8) is 0 Å². The predicted molar refractivity (Wildman–Crippen MR) is 112 cm³/mol. The fourth-order valence-corrected chi connectivity index (χ4v) is 4.15. The second-order valence-electron chi connectivity index (χ2n) is 6.84. The van der Waals surface area contributed by atoms with E-state index in [0.29, 0.717) is 6.42 Å². The molecular weight excluding hydrogens is 372 g/mol. The summed E-state index contributed by atoms with van der Waals surface area (Å²) in [4.78, 5) is 18.0. The van der Waals surface area contributed by atoms with Crippen molar-refractivity contribution in [1.82, 2.24) is 15.1 Å². The van der Waals surface area contributed by atoms with Crippen molar-refractivity contribution < 1.29 is 9.53 Å². The Morgan fingerprint density at radius 2 is 2.04 bits per heavy atom. The normalized spacial score (nSPS) is 14.3. The van der Waals surface area contributed by atoms with Crippen LogP contribution in [0.4, 0.5) is 5.82 Å². The number of nitrogens with zero attached hydrogens (tertiary/aromatic N) is 3.